The van der Waals surface area contributed by atoms with Crippen molar-refractivity contribution in [3.8, 4) is 34.0 Å². The van der Waals surface area contributed by atoms with Gasteiger partial charge in [0.1, 0.15) is 0 Å². The van der Waals surface area contributed by atoms with Crippen LogP contribution in [-0.4, -0.2) is 19.1 Å². The predicted molar refractivity (Wildman–Crippen MR) is 203 cm³/mol. The second kappa shape index (κ2) is 10.2. The lowest BCUT2D eigenvalue weighted by atomic mass is 10.0. The molecule has 0 saturated carbocycles. The van der Waals surface area contributed by atoms with Crippen LogP contribution in [0.15, 0.2) is 168 Å². The molecule has 1 aliphatic rings. The number of hydrogen-bond acceptors (Lipinski definition) is 3. The van der Waals surface area contributed by atoms with E-state index in [1.807, 2.05) is 11.8 Å². The second-order valence-corrected chi connectivity index (χ2v) is 13.7. The topological polar surface area (TPSA) is 35.6 Å². The molecule has 0 spiro atoms. The van der Waals surface area contributed by atoms with Crippen LogP contribution < -0.4 is 0 Å². The average molecular weight is 643 g/mol. The smallest absolute Gasteiger partial charge is 0.235 e. The lowest BCUT2D eigenvalue weighted by Gasteiger charge is -2.20. The van der Waals surface area contributed by atoms with Gasteiger partial charge >= 0.3 is 0 Å². The molecule has 0 bridgehead atoms. The van der Waals surface area contributed by atoms with Gasteiger partial charge in [0.2, 0.25) is 5.95 Å². The highest BCUT2D eigenvalue weighted by atomic mass is 32.2. The van der Waals surface area contributed by atoms with E-state index in [0.29, 0.717) is 5.95 Å². The minimum absolute atomic E-state index is 0.670. The van der Waals surface area contributed by atoms with Crippen molar-refractivity contribution in [3.63, 3.8) is 0 Å². The van der Waals surface area contributed by atoms with E-state index in [0.717, 1.165) is 33.2 Å². The van der Waals surface area contributed by atoms with Crippen molar-refractivity contribution in [1.29, 1.82) is 0 Å². The molecule has 4 nitrogen and oxygen atoms in total. The maximum Gasteiger partial charge on any atom is 0.235 e. The molecule has 49 heavy (non-hydrogen) atoms. The fraction of sp³-hybridized carbons (Fsp3) is 0. The van der Waals surface area contributed by atoms with Crippen molar-refractivity contribution in [1.82, 2.24) is 19.1 Å². The first-order valence-corrected chi connectivity index (χ1v) is 17.3. The van der Waals surface area contributed by atoms with Gasteiger partial charge in [0, 0.05) is 42.3 Å². The molecule has 228 valence electrons. The van der Waals surface area contributed by atoms with E-state index in [1.54, 1.807) is 0 Å². The Morgan fingerprint density at radius 1 is 0.429 bits per heavy atom. The molecule has 1 aliphatic heterocycles. The van der Waals surface area contributed by atoms with Crippen molar-refractivity contribution in [2.24, 2.45) is 0 Å². The van der Waals surface area contributed by atoms with Gasteiger partial charge < -0.3 is 4.57 Å². The Bertz CT molecular complexity index is 2960. The van der Waals surface area contributed by atoms with Gasteiger partial charge in [-0.05, 0) is 47.5 Å². The number of aromatic nitrogens is 4. The van der Waals surface area contributed by atoms with Crippen molar-refractivity contribution in [2.45, 2.75) is 9.79 Å². The van der Waals surface area contributed by atoms with Gasteiger partial charge in [-0.2, -0.15) is 0 Å². The summed E-state index contributed by atoms with van der Waals surface area (Å²) < 4.78 is 4.74. The Balaban J connectivity index is 1.23. The molecule has 10 aromatic rings. The van der Waals surface area contributed by atoms with Crippen LogP contribution in [0.4, 0.5) is 0 Å². The maximum absolute atomic E-state index is 5.41. The number of fused-ring (bicyclic) bond motifs is 10. The minimum atomic E-state index is 0.670. The zero-order valence-electron chi connectivity index (χ0n) is 26.2. The fourth-order valence-electron chi connectivity index (χ4n) is 7.80. The molecule has 0 N–H and O–H groups in total. The highest BCUT2D eigenvalue weighted by molar-refractivity contribution is 7.99. The van der Waals surface area contributed by atoms with Crippen molar-refractivity contribution in [3.05, 3.63) is 158 Å². The summed E-state index contributed by atoms with van der Waals surface area (Å²) in [6.45, 7) is 0. The Hall–Kier alpha value is -6.17. The fourth-order valence-corrected chi connectivity index (χ4v) is 8.91. The maximum atomic E-state index is 5.41. The van der Waals surface area contributed by atoms with E-state index in [2.05, 4.69) is 167 Å². The number of benzene rings is 7. The molecule has 5 heteroatoms. The van der Waals surface area contributed by atoms with Crippen LogP contribution in [0, 0.1) is 0 Å². The number of rotatable bonds is 3. The SMILES string of the molecule is c1ccc(-c2ccc(-c3nc(-n4c5ccccc5c5c6c7ccccc7n7c6c(cc54)Sc4ccccc4-7)nc4ccccc34)cc2)cc1. The monoisotopic (exact) mass is 642 g/mol. The second-order valence-electron chi connectivity index (χ2n) is 12.6. The third-order valence-corrected chi connectivity index (χ3v) is 11.0. The number of hydrogen-bond donors (Lipinski definition) is 0. The summed E-state index contributed by atoms with van der Waals surface area (Å²) in [4.78, 5) is 13.2. The Morgan fingerprint density at radius 2 is 1.04 bits per heavy atom. The molecular formula is C44H26N4S. The summed E-state index contributed by atoms with van der Waals surface area (Å²) in [5, 5.41) is 5.99. The van der Waals surface area contributed by atoms with Gasteiger partial charge in [0.25, 0.3) is 0 Å². The van der Waals surface area contributed by atoms with Crippen molar-refractivity contribution < 1.29 is 0 Å². The van der Waals surface area contributed by atoms with Crippen LogP contribution in [0.1, 0.15) is 0 Å². The average Bonchev–Trinajstić information content (AvgIpc) is 3.69. The molecule has 7 aromatic carbocycles. The van der Waals surface area contributed by atoms with Gasteiger partial charge in [-0.3, -0.25) is 4.57 Å². The van der Waals surface area contributed by atoms with Gasteiger partial charge in [0.05, 0.1) is 39.0 Å². The first kappa shape index (κ1) is 26.9. The molecule has 0 amide bonds. The molecule has 11 rings (SSSR count). The van der Waals surface area contributed by atoms with Gasteiger partial charge in [-0.15, -0.1) is 0 Å². The molecule has 0 fully saturated rings. The highest BCUT2D eigenvalue weighted by Crippen LogP contribution is 2.51. The van der Waals surface area contributed by atoms with Crippen LogP contribution in [0.25, 0.3) is 88.5 Å². The van der Waals surface area contributed by atoms with E-state index in [1.165, 1.54) is 59.2 Å². The number of para-hydroxylation sites is 4. The van der Waals surface area contributed by atoms with Crippen LogP contribution in [0.2, 0.25) is 0 Å². The zero-order chi connectivity index (χ0) is 32.1. The van der Waals surface area contributed by atoms with E-state index in [4.69, 9.17) is 9.97 Å². The summed E-state index contributed by atoms with van der Waals surface area (Å²) in [7, 11) is 0. The molecule has 0 atom stereocenters. The normalized spacial score (nSPS) is 12.4. The summed E-state index contributed by atoms with van der Waals surface area (Å²) in [6, 6.07) is 56.2. The predicted octanol–water partition coefficient (Wildman–Crippen LogP) is 11.6. The lowest BCUT2D eigenvalue weighted by Crippen LogP contribution is -2.04. The van der Waals surface area contributed by atoms with Gasteiger partial charge in [-0.1, -0.05) is 133 Å². The minimum Gasteiger partial charge on any atom is -0.307 e. The zero-order valence-corrected chi connectivity index (χ0v) is 27.0. The molecule has 4 heterocycles. The summed E-state index contributed by atoms with van der Waals surface area (Å²) in [5.41, 5.74) is 11.2. The molecule has 3 aromatic heterocycles. The molecule has 0 saturated heterocycles. The van der Waals surface area contributed by atoms with Crippen LogP contribution in [-0.2, 0) is 0 Å². The first-order chi connectivity index (χ1) is 24.3. The molecule has 0 radical (unpaired) electrons. The third-order valence-electron chi connectivity index (χ3n) is 9.92. The van der Waals surface area contributed by atoms with Gasteiger partial charge in [0.15, 0.2) is 0 Å². The summed E-state index contributed by atoms with van der Waals surface area (Å²) in [5.74, 6) is 0.670. The lowest BCUT2D eigenvalue weighted by molar-refractivity contribution is 1.01. The standard InChI is InChI=1S/C44H26N4S/c1-2-12-27(13-3-1)28-22-24-29(25-23-28)42-30-14-4-7-17-33(30)45-44(46-42)48-35-19-9-5-15-31(35)40-37(48)26-39-43-41(40)32-16-6-8-18-34(32)47(43)36-20-10-11-21-38(36)49-39/h1-26H. The summed E-state index contributed by atoms with van der Waals surface area (Å²) in [6.07, 6.45) is 0. The molecular weight excluding hydrogens is 617 g/mol. The van der Waals surface area contributed by atoms with Crippen molar-refractivity contribution >= 4 is 66.3 Å². The van der Waals surface area contributed by atoms with E-state index >= 15 is 0 Å². The Labute approximate surface area is 285 Å². The first-order valence-electron chi connectivity index (χ1n) is 16.5. The largest absolute Gasteiger partial charge is 0.307 e. The summed E-state index contributed by atoms with van der Waals surface area (Å²) >= 11 is 1.85. The van der Waals surface area contributed by atoms with Crippen LogP contribution >= 0.6 is 11.8 Å². The Morgan fingerprint density at radius 3 is 1.86 bits per heavy atom. The van der Waals surface area contributed by atoms with Crippen LogP contribution in [0.3, 0.4) is 0 Å². The van der Waals surface area contributed by atoms with E-state index in [9.17, 15) is 0 Å². The Kier molecular flexibility index (Phi) is 5.57. The van der Waals surface area contributed by atoms with Gasteiger partial charge in [-0.25, -0.2) is 9.97 Å². The van der Waals surface area contributed by atoms with Crippen molar-refractivity contribution in [2.75, 3.05) is 0 Å². The molecule has 0 unspecified atom stereocenters. The molecule has 0 aliphatic carbocycles. The van der Waals surface area contributed by atoms with E-state index < -0.39 is 0 Å². The quantitative estimate of drug-likeness (QED) is 0.192. The number of nitrogens with zero attached hydrogens (tertiary/aromatic N) is 4. The highest BCUT2D eigenvalue weighted by Gasteiger charge is 2.28. The third kappa shape index (κ3) is 3.82. The van der Waals surface area contributed by atoms with E-state index in [-0.39, 0.29) is 0 Å². The van der Waals surface area contributed by atoms with Crippen LogP contribution in [0.5, 0.6) is 0 Å².